The zero-order chi connectivity index (χ0) is 13.9. The first kappa shape index (κ1) is 12.9. The number of hydrogen-bond donors (Lipinski definition) is 0. The molecule has 20 heavy (non-hydrogen) atoms. The molecule has 106 valence electrons. The number of aromatic nitrogens is 1. The number of likely N-dealkylation sites (tertiary alicyclic amines) is 1. The Labute approximate surface area is 128 Å². The second kappa shape index (κ2) is 4.58. The van der Waals surface area contributed by atoms with Gasteiger partial charge in [0.15, 0.2) is 5.13 Å². The van der Waals surface area contributed by atoms with Gasteiger partial charge in [0.25, 0.3) is 0 Å². The van der Waals surface area contributed by atoms with E-state index in [4.69, 9.17) is 16.6 Å². The number of aryl methyl sites for hydroxylation is 1. The van der Waals surface area contributed by atoms with Crippen molar-refractivity contribution in [2.75, 3.05) is 38.1 Å². The van der Waals surface area contributed by atoms with Crippen LogP contribution in [0.25, 0.3) is 10.2 Å². The maximum absolute atomic E-state index is 6.31. The van der Waals surface area contributed by atoms with E-state index < -0.39 is 0 Å². The van der Waals surface area contributed by atoms with E-state index in [-0.39, 0.29) is 0 Å². The van der Waals surface area contributed by atoms with Gasteiger partial charge < -0.3 is 9.80 Å². The zero-order valence-electron chi connectivity index (χ0n) is 11.8. The fourth-order valence-corrected chi connectivity index (χ4v) is 4.94. The van der Waals surface area contributed by atoms with Crippen LogP contribution < -0.4 is 4.90 Å². The molecule has 0 bridgehead atoms. The van der Waals surface area contributed by atoms with Gasteiger partial charge in [-0.25, -0.2) is 4.98 Å². The van der Waals surface area contributed by atoms with Gasteiger partial charge >= 0.3 is 0 Å². The maximum Gasteiger partial charge on any atom is 0.186 e. The lowest BCUT2D eigenvalue weighted by Gasteiger charge is -2.17. The van der Waals surface area contributed by atoms with E-state index >= 15 is 0 Å². The minimum Gasteiger partial charge on any atom is -0.347 e. The van der Waals surface area contributed by atoms with Crippen molar-refractivity contribution in [3.63, 3.8) is 0 Å². The second-order valence-electron chi connectivity index (χ2n) is 6.18. The number of halogens is 1. The summed E-state index contributed by atoms with van der Waals surface area (Å²) < 4.78 is 1.14. The van der Waals surface area contributed by atoms with E-state index in [1.165, 1.54) is 18.7 Å². The van der Waals surface area contributed by atoms with Crippen LogP contribution in [0, 0.1) is 18.8 Å². The molecular weight excluding hydrogens is 290 g/mol. The molecule has 4 rings (SSSR count). The molecule has 2 aromatic rings. The van der Waals surface area contributed by atoms with Crippen molar-refractivity contribution in [3.8, 4) is 0 Å². The van der Waals surface area contributed by atoms with Gasteiger partial charge in [-0.3, -0.25) is 0 Å². The fraction of sp³-hybridized carbons (Fsp3) is 0.533. The second-order valence-corrected chi connectivity index (χ2v) is 7.57. The van der Waals surface area contributed by atoms with Gasteiger partial charge in [0.1, 0.15) is 0 Å². The zero-order valence-corrected chi connectivity index (χ0v) is 13.3. The number of thiazole rings is 1. The van der Waals surface area contributed by atoms with Crippen LogP contribution in [0.15, 0.2) is 12.1 Å². The Balaban J connectivity index is 1.67. The summed E-state index contributed by atoms with van der Waals surface area (Å²) in [7, 11) is 2.23. The lowest BCUT2D eigenvalue weighted by molar-refractivity contribution is 0.387. The summed E-state index contributed by atoms with van der Waals surface area (Å²) in [6.45, 7) is 6.85. The predicted octanol–water partition coefficient (Wildman–Crippen LogP) is 3.26. The van der Waals surface area contributed by atoms with E-state index in [0.717, 1.165) is 45.3 Å². The van der Waals surface area contributed by atoms with Crippen molar-refractivity contribution in [3.05, 3.63) is 22.7 Å². The molecule has 1 aromatic carbocycles. The van der Waals surface area contributed by atoms with Gasteiger partial charge in [0.2, 0.25) is 0 Å². The van der Waals surface area contributed by atoms with Gasteiger partial charge in [0.05, 0.1) is 15.2 Å². The highest BCUT2D eigenvalue weighted by Crippen LogP contribution is 2.39. The molecule has 5 heteroatoms. The molecule has 2 aliphatic heterocycles. The predicted molar refractivity (Wildman–Crippen MR) is 86.1 cm³/mol. The molecule has 1 aromatic heterocycles. The smallest absolute Gasteiger partial charge is 0.186 e. The fourth-order valence-electron chi connectivity index (χ4n) is 3.61. The van der Waals surface area contributed by atoms with Crippen LogP contribution in [-0.2, 0) is 0 Å². The first-order valence-electron chi connectivity index (χ1n) is 7.11. The van der Waals surface area contributed by atoms with Crippen molar-refractivity contribution in [2.24, 2.45) is 11.8 Å². The molecule has 0 saturated carbocycles. The Morgan fingerprint density at radius 3 is 2.55 bits per heavy atom. The Hall–Kier alpha value is -0.840. The highest BCUT2D eigenvalue weighted by atomic mass is 35.5. The SMILES string of the molecule is Cc1ccc(Cl)c2sc(N3CC4CN(C)CC4C3)nc12. The Morgan fingerprint density at radius 1 is 1.20 bits per heavy atom. The van der Waals surface area contributed by atoms with Gasteiger partial charge in [-0.05, 0) is 37.4 Å². The van der Waals surface area contributed by atoms with E-state index in [0.29, 0.717) is 0 Å². The summed E-state index contributed by atoms with van der Waals surface area (Å²) in [5.74, 6) is 1.62. The minimum absolute atomic E-state index is 0.809. The van der Waals surface area contributed by atoms with Gasteiger partial charge in [-0.15, -0.1) is 0 Å². The minimum atomic E-state index is 0.809. The van der Waals surface area contributed by atoms with Gasteiger partial charge in [-0.2, -0.15) is 0 Å². The summed E-state index contributed by atoms with van der Waals surface area (Å²) in [6, 6.07) is 4.04. The molecule has 0 radical (unpaired) electrons. The van der Waals surface area contributed by atoms with Crippen LogP contribution in [0.2, 0.25) is 5.02 Å². The number of fused-ring (bicyclic) bond motifs is 2. The Bertz CT molecular complexity index is 615. The van der Waals surface area contributed by atoms with Crippen LogP contribution in [0.1, 0.15) is 5.56 Å². The first-order chi connectivity index (χ1) is 9.61. The average molecular weight is 308 g/mol. The average Bonchev–Trinajstić information content (AvgIpc) is 3.05. The molecule has 0 amide bonds. The van der Waals surface area contributed by atoms with E-state index in [9.17, 15) is 0 Å². The topological polar surface area (TPSA) is 19.4 Å². The molecule has 2 fully saturated rings. The van der Waals surface area contributed by atoms with Gasteiger partial charge in [-0.1, -0.05) is 29.0 Å². The lowest BCUT2D eigenvalue weighted by atomic mass is 10.0. The third-order valence-electron chi connectivity index (χ3n) is 4.63. The quantitative estimate of drug-likeness (QED) is 0.806. The summed E-state index contributed by atoms with van der Waals surface area (Å²) in [4.78, 5) is 9.76. The van der Waals surface area contributed by atoms with Crippen molar-refractivity contribution < 1.29 is 0 Å². The lowest BCUT2D eigenvalue weighted by Crippen LogP contribution is -2.26. The molecule has 2 saturated heterocycles. The summed E-state index contributed by atoms with van der Waals surface area (Å²) in [5.41, 5.74) is 2.29. The van der Waals surface area contributed by atoms with Crippen LogP contribution >= 0.6 is 22.9 Å². The van der Waals surface area contributed by atoms with Crippen molar-refractivity contribution in [1.82, 2.24) is 9.88 Å². The molecule has 2 unspecified atom stereocenters. The summed E-state index contributed by atoms with van der Waals surface area (Å²) >= 11 is 8.05. The molecule has 3 nitrogen and oxygen atoms in total. The van der Waals surface area contributed by atoms with Crippen molar-refractivity contribution in [2.45, 2.75) is 6.92 Å². The number of benzene rings is 1. The number of rotatable bonds is 1. The van der Waals surface area contributed by atoms with Gasteiger partial charge in [0, 0.05) is 26.2 Å². The Kier molecular flexibility index (Phi) is 2.95. The third-order valence-corrected chi connectivity index (χ3v) is 6.20. The molecule has 2 aliphatic rings. The largest absolute Gasteiger partial charge is 0.347 e. The normalized spacial score (nSPS) is 26.6. The monoisotopic (exact) mass is 307 g/mol. The molecule has 3 heterocycles. The standard InChI is InChI=1S/C15H18ClN3S/c1-9-3-4-12(16)14-13(9)17-15(20-14)19-7-10-5-18(2)6-11(10)8-19/h3-4,10-11H,5-8H2,1-2H3. The molecule has 0 spiro atoms. The summed E-state index contributed by atoms with van der Waals surface area (Å²) in [5, 5.41) is 1.97. The van der Waals surface area contributed by atoms with Crippen LogP contribution in [0.4, 0.5) is 5.13 Å². The highest BCUT2D eigenvalue weighted by molar-refractivity contribution is 7.22. The van der Waals surface area contributed by atoms with E-state index in [1.807, 2.05) is 6.07 Å². The van der Waals surface area contributed by atoms with Crippen molar-refractivity contribution >= 4 is 38.3 Å². The number of hydrogen-bond acceptors (Lipinski definition) is 4. The van der Waals surface area contributed by atoms with E-state index in [1.54, 1.807) is 11.3 Å². The van der Waals surface area contributed by atoms with E-state index in [2.05, 4.69) is 29.8 Å². The maximum atomic E-state index is 6.31. The van der Waals surface area contributed by atoms with Crippen LogP contribution in [-0.4, -0.2) is 43.1 Å². The molecule has 2 atom stereocenters. The third kappa shape index (κ3) is 1.93. The molecular formula is C15H18ClN3S. The number of nitrogens with zero attached hydrogens (tertiary/aromatic N) is 3. The van der Waals surface area contributed by atoms with Crippen molar-refractivity contribution in [1.29, 1.82) is 0 Å². The first-order valence-corrected chi connectivity index (χ1v) is 8.30. The summed E-state index contributed by atoms with van der Waals surface area (Å²) in [6.07, 6.45) is 0. The molecule has 0 aliphatic carbocycles. The van der Waals surface area contributed by atoms with Crippen LogP contribution in [0.3, 0.4) is 0 Å². The number of anilines is 1. The van der Waals surface area contributed by atoms with Crippen LogP contribution in [0.5, 0.6) is 0 Å². The highest BCUT2D eigenvalue weighted by Gasteiger charge is 2.39. The Morgan fingerprint density at radius 2 is 1.90 bits per heavy atom. The molecule has 0 N–H and O–H groups in total.